The molecule has 0 bridgehead atoms. The summed E-state index contributed by atoms with van der Waals surface area (Å²) < 4.78 is 4.84. The van der Waals surface area contributed by atoms with E-state index in [1.165, 1.54) is 52.1 Å². The molecule has 2 nitrogen and oxygen atoms in total. The number of methoxy groups -OCH3 is 1. The molecule has 2 heteroatoms. The van der Waals surface area contributed by atoms with Gasteiger partial charge in [0.15, 0.2) is 0 Å². The molecule has 106 valence electrons. The number of hydrogen-bond acceptors (Lipinski definition) is 2. The number of carbonyl (C=O) groups excluding carboxylic acids is 1. The summed E-state index contributed by atoms with van der Waals surface area (Å²) in [6, 6.07) is 0. The van der Waals surface area contributed by atoms with Crippen LogP contribution in [0.3, 0.4) is 0 Å². The fourth-order valence-corrected chi connectivity index (χ4v) is 2.01. The van der Waals surface area contributed by atoms with Crippen molar-refractivity contribution in [1.82, 2.24) is 0 Å². The molecule has 0 aromatic heterocycles. The van der Waals surface area contributed by atoms with Crippen LogP contribution in [-0.2, 0) is 9.53 Å². The predicted molar refractivity (Wildman–Crippen MR) is 77.6 cm³/mol. The van der Waals surface area contributed by atoms with E-state index in [1.807, 2.05) is 0 Å². The fraction of sp³-hybridized carbons (Fsp3) is 0.812. The van der Waals surface area contributed by atoms with E-state index in [2.05, 4.69) is 19.9 Å². The number of rotatable bonds is 11. The summed E-state index contributed by atoms with van der Waals surface area (Å²) in [7, 11) is 1.47. The Morgan fingerprint density at radius 1 is 0.944 bits per heavy atom. The average Bonchev–Trinajstić information content (AvgIpc) is 2.40. The first-order chi connectivity index (χ1) is 8.76. The Bertz CT molecular complexity index is 231. The highest BCUT2D eigenvalue weighted by molar-refractivity contribution is 5.88. The normalized spacial score (nSPS) is 11.6. The third kappa shape index (κ3) is 9.26. The van der Waals surface area contributed by atoms with Gasteiger partial charge in [0.1, 0.15) is 0 Å². The largest absolute Gasteiger partial charge is 0.466 e. The van der Waals surface area contributed by atoms with Crippen LogP contribution in [0.15, 0.2) is 11.6 Å². The lowest BCUT2D eigenvalue weighted by molar-refractivity contribution is -0.136. The zero-order valence-corrected chi connectivity index (χ0v) is 12.5. The van der Waals surface area contributed by atoms with Crippen molar-refractivity contribution in [2.75, 3.05) is 7.11 Å². The summed E-state index contributed by atoms with van der Waals surface area (Å²) in [5.74, 6) is -0.137. The Labute approximate surface area is 113 Å². The van der Waals surface area contributed by atoms with Crippen molar-refractivity contribution >= 4 is 5.97 Å². The van der Waals surface area contributed by atoms with E-state index in [1.54, 1.807) is 0 Å². The van der Waals surface area contributed by atoms with Gasteiger partial charge in [-0.05, 0) is 25.7 Å². The first kappa shape index (κ1) is 17.2. The van der Waals surface area contributed by atoms with Crippen LogP contribution in [0.25, 0.3) is 0 Å². The molecule has 0 unspecified atom stereocenters. The number of allylic oxidation sites excluding steroid dienone is 1. The molecule has 0 atom stereocenters. The minimum atomic E-state index is -0.137. The van der Waals surface area contributed by atoms with Gasteiger partial charge < -0.3 is 4.74 Å². The van der Waals surface area contributed by atoms with Crippen LogP contribution < -0.4 is 0 Å². The quantitative estimate of drug-likeness (QED) is 0.294. The molecule has 0 saturated carbocycles. The highest BCUT2D eigenvalue weighted by Crippen LogP contribution is 2.14. The van der Waals surface area contributed by atoms with Crippen LogP contribution in [0.4, 0.5) is 0 Å². The molecule has 0 aromatic rings. The Morgan fingerprint density at radius 2 is 1.56 bits per heavy atom. The van der Waals surface area contributed by atoms with Crippen LogP contribution >= 0.6 is 0 Å². The molecule has 0 aliphatic heterocycles. The second kappa shape index (κ2) is 12.7. The summed E-state index contributed by atoms with van der Waals surface area (Å²) in [6.45, 7) is 4.41. The first-order valence-corrected chi connectivity index (χ1v) is 7.53. The molecule has 0 spiro atoms. The topological polar surface area (TPSA) is 26.3 Å². The average molecular weight is 254 g/mol. The summed E-state index contributed by atoms with van der Waals surface area (Å²) in [6.07, 6.45) is 13.8. The number of ether oxygens (including phenoxy) is 1. The summed E-state index contributed by atoms with van der Waals surface area (Å²) in [5.41, 5.74) is 0.880. The van der Waals surface area contributed by atoms with Crippen molar-refractivity contribution in [3.8, 4) is 0 Å². The van der Waals surface area contributed by atoms with Crippen molar-refractivity contribution < 1.29 is 9.53 Å². The Balaban J connectivity index is 3.97. The van der Waals surface area contributed by atoms with Crippen LogP contribution in [0.1, 0.15) is 78.1 Å². The molecule has 0 saturated heterocycles. The summed E-state index contributed by atoms with van der Waals surface area (Å²) in [5, 5.41) is 0. The molecule has 0 N–H and O–H groups in total. The molecule has 18 heavy (non-hydrogen) atoms. The van der Waals surface area contributed by atoms with Gasteiger partial charge >= 0.3 is 5.97 Å². The molecule has 0 aliphatic carbocycles. The van der Waals surface area contributed by atoms with Crippen LogP contribution in [-0.4, -0.2) is 13.1 Å². The van der Waals surface area contributed by atoms with Gasteiger partial charge in [0, 0.05) is 5.57 Å². The zero-order valence-electron chi connectivity index (χ0n) is 12.5. The second-order valence-electron chi connectivity index (χ2n) is 4.88. The van der Waals surface area contributed by atoms with Crippen molar-refractivity contribution in [3.63, 3.8) is 0 Å². The number of unbranched alkanes of at least 4 members (excludes halogenated alkanes) is 7. The van der Waals surface area contributed by atoms with Gasteiger partial charge in [0.05, 0.1) is 7.11 Å². The van der Waals surface area contributed by atoms with E-state index in [0.29, 0.717) is 0 Å². The lowest BCUT2D eigenvalue weighted by Crippen LogP contribution is -2.05. The molecular formula is C16H30O2. The third-order valence-corrected chi connectivity index (χ3v) is 3.20. The van der Waals surface area contributed by atoms with Gasteiger partial charge in [0.2, 0.25) is 0 Å². The number of hydrogen-bond donors (Lipinski definition) is 0. The lowest BCUT2D eigenvalue weighted by Gasteiger charge is -2.05. The maximum atomic E-state index is 11.6. The summed E-state index contributed by atoms with van der Waals surface area (Å²) in [4.78, 5) is 11.6. The second-order valence-corrected chi connectivity index (χ2v) is 4.88. The van der Waals surface area contributed by atoms with E-state index >= 15 is 0 Å². The fourth-order valence-electron chi connectivity index (χ4n) is 2.01. The van der Waals surface area contributed by atoms with E-state index in [0.717, 1.165) is 24.8 Å². The standard InChI is InChI=1S/C16H30O2/c1-4-6-8-10-12-14-15(16(17)18-3)13-11-9-7-5-2/h14H,4-13H2,1-3H3. The molecule has 0 aromatic carbocycles. The van der Waals surface area contributed by atoms with Crippen LogP contribution in [0.2, 0.25) is 0 Å². The maximum Gasteiger partial charge on any atom is 0.333 e. The van der Waals surface area contributed by atoms with E-state index in [4.69, 9.17) is 4.74 Å². The molecule has 0 radical (unpaired) electrons. The molecule has 0 fully saturated rings. The van der Waals surface area contributed by atoms with Gasteiger partial charge in [-0.2, -0.15) is 0 Å². The van der Waals surface area contributed by atoms with Gasteiger partial charge in [0.25, 0.3) is 0 Å². The van der Waals surface area contributed by atoms with Crippen molar-refractivity contribution in [3.05, 3.63) is 11.6 Å². The smallest absolute Gasteiger partial charge is 0.333 e. The van der Waals surface area contributed by atoms with Crippen molar-refractivity contribution in [2.45, 2.75) is 78.1 Å². The maximum absolute atomic E-state index is 11.6. The van der Waals surface area contributed by atoms with Crippen LogP contribution in [0, 0.1) is 0 Å². The molecular weight excluding hydrogens is 224 g/mol. The van der Waals surface area contributed by atoms with E-state index < -0.39 is 0 Å². The van der Waals surface area contributed by atoms with E-state index in [9.17, 15) is 4.79 Å². The van der Waals surface area contributed by atoms with Gasteiger partial charge in [-0.25, -0.2) is 4.79 Å². The highest BCUT2D eigenvalue weighted by Gasteiger charge is 2.08. The Hall–Kier alpha value is -0.790. The minimum Gasteiger partial charge on any atom is -0.466 e. The zero-order chi connectivity index (χ0) is 13.6. The Morgan fingerprint density at radius 3 is 2.11 bits per heavy atom. The van der Waals surface area contributed by atoms with Crippen molar-refractivity contribution in [2.24, 2.45) is 0 Å². The number of carbonyl (C=O) groups is 1. The van der Waals surface area contributed by atoms with Gasteiger partial charge in [-0.1, -0.05) is 58.4 Å². The van der Waals surface area contributed by atoms with Crippen LogP contribution in [0.5, 0.6) is 0 Å². The predicted octanol–water partition coefficient (Wildman–Crippen LogP) is 5.03. The Kier molecular flexibility index (Phi) is 12.1. The van der Waals surface area contributed by atoms with Gasteiger partial charge in [-0.15, -0.1) is 0 Å². The third-order valence-electron chi connectivity index (χ3n) is 3.20. The van der Waals surface area contributed by atoms with Gasteiger partial charge in [-0.3, -0.25) is 0 Å². The first-order valence-electron chi connectivity index (χ1n) is 7.53. The minimum absolute atomic E-state index is 0.137. The molecule has 0 amide bonds. The van der Waals surface area contributed by atoms with Crippen molar-refractivity contribution in [1.29, 1.82) is 0 Å². The number of esters is 1. The van der Waals surface area contributed by atoms with E-state index in [-0.39, 0.29) is 5.97 Å². The molecule has 0 heterocycles. The molecule has 0 rings (SSSR count). The lowest BCUT2D eigenvalue weighted by atomic mass is 10.0. The molecule has 0 aliphatic rings. The monoisotopic (exact) mass is 254 g/mol. The summed E-state index contributed by atoms with van der Waals surface area (Å²) >= 11 is 0. The SMILES string of the molecule is CCCCCCC=C(CCCCCC)C(=O)OC. The highest BCUT2D eigenvalue weighted by atomic mass is 16.5.